The minimum Gasteiger partial charge on any atom is -0.497 e. The van der Waals surface area contributed by atoms with Crippen molar-refractivity contribution < 1.29 is 19.1 Å². The number of methoxy groups -OCH3 is 1. The summed E-state index contributed by atoms with van der Waals surface area (Å²) in [6, 6.07) is 29.8. The van der Waals surface area contributed by atoms with E-state index < -0.39 is 17.1 Å². The third-order valence-electron chi connectivity index (χ3n) is 5.82. The Morgan fingerprint density at radius 1 is 0.829 bits per heavy atom. The van der Waals surface area contributed by atoms with Gasteiger partial charge in [-0.15, -0.1) is 11.8 Å². The van der Waals surface area contributed by atoms with Gasteiger partial charge in [-0.1, -0.05) is 48.0 Å². The van der Waals surface area contributed by atoms with Crippen LogP contribution < -0.4 is 20.7 Å². The predicted molar refractivity (Wildman–Crippen MR) is 165 cm³/mol. The molecule has 0 spiro atoms. The molecule has 9 heteroatoms. The Hall–Kier alpha value is -4.53. The number of hydrogen-bond donors (Lipinski definition) is 3. The van der Waals surface area contributed by atoms with E-state index in [4.69, 9.17) is 16.3 Å². The Labute approximate surface area is 248 Å². The van der Waals surface area contributed by atoms with Gasteiger partial charge >= 0.3 is 0 Å². The summed E-state index contributed by atoms with van der Waals surface area (Å²) in [4.78, 5) is 39.8. The summed E-state index contributed by atoms with van der Waals surface area (Å²) in [7, 11) is 1.56. The highest BCUT2D eigenvalue weighted by Gasteiger charge is 2.17. The first-order valence-electron chi connectivity index (χ1n) is 12.7. The molecule has 3 amide bonds. The minimum atomic E-state index is -0.507. The van der Waals surface area contributed by atoms with Crippen molar-refractivity contribution in [1.29, 1.82) is 0 Å². The fourth-order valence-electron chi connectivity index (χ4n) is 3.72. The van der Waals surface area contributed by atoms with Crippen LogP contribution in [-0.2, 0) is 9.59 Å². The van der Waals surface area contributed by atoms with E-state index in [0.29, 0.717) is 33.3 Å². The molecule has 0 radical (unpaired) electrons. The van der Waals surface area contributed by atoms with Crippen molar-refractivity contribution in [3.05, 3.63) is 125 Å². The molecule has 3 N–H and O–H groups in total. The molecule has 0 saturated carbocycles. The van der Waals surface area contributed by atoms with Gasteiger partial charge < -0.3 is 20.7 Å². The van der Waals surface area contributed by atoms with Crippen LogP contribution in [0, 0.1) is 0 Å². The Morgan fingerprint density at radius 3 is 2.29 bits per heavy atom. The molecule has 0 aromatic heterocycles. The maximum absolute atomic E-state index is 13.4. The number of carbonyl (C=O) groups excluding carboxylic acids is 3. The molecular formula is C32H28ClN3O4S. The Bertz CT molecular complexity index is 1560. The van der Waals surface area contributed by atoms with Gasteiger partial charge in [0.2, 0.25) is 5.91 Å². The van der Waals surface area contributed by atoms with Crippen LogP contribution in [0.25, 0.3) is 6.08 Å². The summed E-state index contributed by atoms with van der Waals surface area (Å²) in [6.45, 7) is 1.80. The molecule has 41 heavy (non-hydrogen) atoms. The number of nitrogens with one attached hydrogen (secondary N) is 3. The molecule has 0 saturated heterocycles. The van der Waals surface area contributed by atoms with Crippen molar-refractivity contribution in [2.45, 2.75) is 17.1 Å². The minimum absolute atomic E-state index is 0.0564. The lowest BCUT2D eigenvalue weighted by Crippen LogP contribution is -2.30. The highest BCUT2D eigenvalue weighted by molar-refractivity contribution is 8.00. The maximum atomic E-state index is 13.4. The zero-order chi connectivity index (χ0) is 29.2. The number of ether oxygens (including phenoxy) is 1. The summed E-state index contributed by atoms with van der Waals surface area (Å²) in [5.74, 6) is -0.474. The second-order valence-electron chi connectivity index (χ2n) is 8.89. The van der Waals surface area contributed by atoms with Crippen molar-refractivity contribution in [1.82, 2.24) is 5.32 Å². The average Bonchev–Trinajstić information content (AvgIpc) is 2.98. The average molecular weight is 586 g/mol. The third kappa shape index (κ3) is 8.73. The van der Waals surface area contributed by atoms with E-state index in [-0.39, 0.29) is 11.6 Å². The zero-order valence-corrected chi connectivity index (χ0v) is 24.0. The standard InChI is InChI=1S/C32H28ClN3O4S/c1-21(30(37)34-25-16-14-24(33)15-17-25)41-28-13-7-11-26(20-28)35-32(39)29(19-22-8-6-12-27(18-22)40-2)36-31(38)23-9-4-3-5-10-23/h3-21H,1-2H3,(H,34,37)(H,35,39)(H,36,38)/b29-19-. The summed E-state index contributed by atoms with van der Waals surface area (Å²) in [5.41, 5.74) is 2.31. The predicted octanol–water partition coefficient (Wildman–Crippen LogP) is 6.88. The summed E-state index contributed by atoms with van der Waals surface area (Å²) < 4.78 is 5.29. The number of carbonyl (C=O) groups is 3. The molecule has 0 aliphatic heterocycles. The van der Waals surface area contributed by atoms with E-state index in [1.807, 2.05) is 12.1 Å². The second kappa shape index (κ2) is 14.2. The van der Waals surface area contributed by atoms with E-state index in [0.717, 1.165) is 4.90 Å². The van der Waals surface area contributed by atoms with Crippen molar-refractivity contribution in [2.75, 3.05) is 17.7 Å². The second-order valence-corrected chi connectivity index (χ2v) is 10.7. The van der Waals surface area contributed by atoms with Crippen molar-refractivity contribution in [3.8, 4) is 5.75 Å². The molecule has 0 bridgehead atoms. The van der Waals surface area contributed by atoms with E-state index >= 15 is 0 Å². The van der Waals surface area contributed by atoms with Crippen molar-refractivity contribution >= 4 is 58.5 Å². The van der Waals surface area contributed by atoms with Gasteiger partial charge in [0.05, 0.1) is 12.4 Å². The molecule has 0 fully saturated rings. The molecule has 4 aromatic rings. The monoisotopic (exact) mass is 585 g/mol. The van der Waals surface area contributed by atoms with Gasteiger partial charge in [0, 0.05) is 26.9 Å². The van der Waals surface area contributed by atoms with Crippen LogP contribution in [0.15, 0.2) is 114 Å². The molecule has 0 heterocycles. The van der Waals surface area contributed by atoms with E-state index in [1.165, 1.54) is 11.8 Å². The van der Waals surface area contributed by atoms with Crippen molar-refractivity contribution in [2.24, 2.45) is 0 Å². The quantitative estimate of drug-likeness (QED) is 0.139. The van der Waals surface area contributed by atoms with Gasteiger partial charge in [-0.2, -0.15) is 0 Å². The van der Waals surface area contributed by atoms with Crippen LogP contribution >= 0.6 is 23.4 Å². The Balaban J connectivity index is 1.49. The lowest BCUT2D eigenvalue weighted by Gasteiger charge is -2.14. The highest BCUT2D eigenvalue weighted by atomic mass is 35.5. The number of hydrogen-bond acceptors (Lipinski definition) is 5. The fraction of sp³-hybridized carbons (Fsp3) is 0.0938. The summed E-state index contributed by atoms with van der Waals surface area (Å²) >= 11 is 7.27. The van der Waals surface area contributed by atoms with Gasteiger partial charge in [-0.05, 0) is 85.3 Å². The summed E-state index contributed by atoms with van der Waals surface area (Å²) in [5, 5.41) is 8.63. The number of halogens is 1. The number of anilines is 2. The Kier molecular flexibility index (Phi) is 10.2. The SMILES string of the molecule is COc1cccc(/C=C(\NC(=O)c2ccccc2)C(=O)Nc2cccc(SC(C)C(=O)Nc3ccc(Cl)cc3)c2)c1. The normalized spacial score (nSPS) is 11.7. The van der Waals surface area contributed by atoms with Crippen LogP contribution in [0.5, 0.6) is 5.75 Å². The van der Waals surface area contributed by atoms with Crippen LogP contribution in [0.4, 0.5) is 11.4 Å². The van der Waals surface area contributed by atoms with Crippen LogP contribution in [-0.4, -0.2) is 30.1 Å². The molecule has 1 unspecified atom stereocenters. The van der Waals surface area contributed by atoms with Gasteiger partial charge in [-0.3, -0.25) is 14.4 Å². The van der Waals surface area contributed by atoms with Gasteiger partial charge in [0.25, 0.3) is 11.8 Å². The summed E-state index contributed by atoms with van der Waals surface area (Å²) in [6.07, 6.45) is 1.58. The van der Waals surface area contributed by atoms with Gasteiger partial charge in [0.1, 0.15) is 11.4 Å². The van der Waals surface area contributed by atoms with E-state index in [9.17, 15) is 14.4 Å². The Morgan fingerprint density at radius 2 is 1.56 bits per heavy atom. The van der Waals surface area contributed by atoms with Crippen LogP contribution in [0.3, 0.4) is 0 Å². The smallest absolute Gasteiger partial charge is 0.272 e. The first-order valence-corrected chi connectivity index (χ1v) is 13.9. The zero-order valence-electron chi connectivity index (χ0n) is 22.4. The van der Waals surface area contributed by atoms with Gasteiger partial charge in [0.15, 0.2) is 0 Å². The number of rotatable bonds is 10. The first-order chi connectivity index (χ1) is 19.8. The molecule has 4 aromatic carbocycles. The lowest BCUT2D eigenvalue weighted by atomic mass is 10.1. The number of benzene rings is 4. The number of amides is 3. The van der Waals surface area contributed by atoms with Crippen molar-refractivity contribution in [3.63, 3.8) is 0 Å². The number of thioether (sulfide) groups is 1. The molecule has 7 nitrogen and oxygen atoms in total. The first kappa shape index (κ1) is 29.5. The molecule has 208 valence electrons. The van der Waals surface area contributed by atoms with E-state index in [1.54, 1.807) is 111 Å². The molecule has 4 rings (SSSR count). The fourth-order valence-corrected chi connectivity index (χ4v) is 4.77. The highest BCUT2D eigenvalue weighted by Crippen LogP contribution is 2.27. The van der Waals surface area contributed by atoms with Crippen LogP contribution in [0.1, 0.15) is 22.8 Å². The van der Waals surface area contributed by atoms with Crippen LogP contribution in [0.2, 0.25) is 5.02 Å². The van der Waals surface area contributed by atoms with E-state index in [2.05, 4.69) is 16.0 Å². The molecule has 1 atom stereocenters. The topological polar surface area (TPSA) is 96.5 Å². The molecule has 0 aliphatic rings. The lowest BCUT2D eigenvalue weighted by molar-refractivity contribution is -0.115. The molecular weight excluding hydrogens is 558 g/mol. The van der Waals surface area contributed by atoms with Gasteiger partial charge in [-0.25, -0.2) is 0 Å². The largest absolute Gasteiger partial charge is 0.497 e. The molecule has 0 aliphatic carbocycles. The third-order valence-corrected chi connectivity index (χ3v) is 7.17. The maximum Gasteiger partial charge on any atom is 0.272 e.